The van der Waals surface area contributed by atoms with Crippen molar-refractivity contribution in [2.45, 2.75) is 39.0 Å². The molecule has 0 atom stereocenters. The van der Waals surface area contributed by atoms with Crippen LogP contribution >= 0.6 is 11.3 Å². The van der Waals surface area contributed by atoms with Gasteiger partial charge in [0.2, 0.25) is 5.91 Å². The lowest BCUT2D eigenvalue weighted by atomic mass is 10.0. The van der Waals surface area contributed by atoms with Crippen LogP contribution < -0.4 is 4.90 Å². The van der Waals surface area contributed by atoms with Gasteiger partial charge in [-0.3, -0.25) is 9.59 Å². The van der Waals surface area contributed by atoms with Gasteiger partial charge in [0.15, 0.2) is 5.78 Å². The maximum atomic E-state index is 13.0. The van der Waals surface area contributed by atoms with Gasteiger partial charge in [0.1, 0.15) is 22.8 Å². The van der Waals surface area contributed by atoms with E-state index in [-0.39, 0.29) is 17.5 Å². The highest BCUT2D eigenvalue weighted by Gasteiger charge is 2.23. The predicted octanol–water partition coefficient (Wildman–Crippen LogP) is 4.48. The van der Waals surface area contributed by atoms with Gasteiger partial charge in [-0.05, 0) is 49.6 Å². The van der Waals surface area contributed by atoms with Crippen LogP contribution in [0.2, 0.25) is 0 Å². The Morgan fingerprint density at radius 2 is 1.75 bits per heavy atom. The van der Waals surface area contributed by atoms with Gasteiger partial charge in [-0.25, -0.2) is 14.4 Å². The molecule has 1 amide bonds. The van der Waals surface area contributed by atoms with E-state index in [1.54, 1.807) is 17.7 Å². The molecule has 0 unspecified atom stereocenters. The van der Waals surface area contributed by atoms with Crippen LogP contribution in [-0.4, -0.2) is 52.7 Å². The van der Waals surface area contributed by atoms with Crippen LogP contribution in [0.4, 0.5) is 10.2 Å². The fourth-order valence-electron chi connectivity index (χ4n) is 3.99. The van der Waals surface area contributed by atoms with E-state index in [1.807, 2.05) is 4.90 Å². The number of thiophene rings is 1. The van der Waals surface area contributed by atoms with Crippen LogP contribution in [0.5, 0.6) is 0 Å². The number of anilines is 1. The third-order valence-corrected chi connectivity index (χ3v) is 7.04. The van der Waals surface area contributed by atoms with Crippen molar-refractivity contribution >= 4 is 39.1 Å². The van der Waals surface area contributed by atoms with Gasteiger partial charge in [0, 0.05) is 49.5 Å². The summed E-state index contributed by atoms with van der Waals surface area (Å²) < 4.78 is 13.0. The molecule has 1 aromatic carbocycles. The van der Waals surface area contributed by atoms with E-state index < -0.39 is 0 Å². The number of rotatable bonds is 8. The molecule has 8 heteroatoms. The standard InChI is InChI=1S/C24H27FN4O2S/c1-2-19-15-20-23(26-16-27-24(20)32-19)29-13-11-28(12-14-29)22(31)6-4-3-5-21(30)17-7-9-18(25)10-8-17/h7-10,15-16H,2-6,11-14H2,1H3. The monoisotopic (exact) mass is 454 g/mol. The molecule has 1 saturated heterocycles. The lowest BCUT2D eigenvalue weighted by Gasteiger charge is -2.35. The maximum Gasteiger partial charge on any atom is 0.222 e. The minimum Gasteiger partial charge on any atom is -0.352 e. The number of benzene rings is 1. The summed E-state index contributed by atoms with van der Waals surface area (Å²) >= 11 is 1.71. The quantitative estimate of drug-likeness (QED) is 0.371. The highest BCUT2D eigenvalue weighted by molar-refractivity contribution is 7.18. The lowest BCUT2D eigenvalue weighted by Crippen LogP contribution is -2.49. The first-order chi connectivity index (χ1) is 15.5. The molecule has 0 bridgehead atoms. The molecule has 1 aliphatic heterocycles. The third-order valence-electron chi connectivity index (χ3n) is 5.85. The van der Waals surface area contributed by atoms with Gasteiger partial charge < -0.3 is 9.80 Å². The van der Waals surface area contributed by atoms with Crippen molar-refractivity contribution in [3.05, 3.63) is 52.9 Å². The number of aryl methyl sites for hydroxylation is 1. The van der Waals surface area contributed by atoms with Crippen LogP contribution in [0.25, 0.3) is 10.2 Å². The Morgan fingerprint density at radius 3 is 2.47 bits per heavy atom. The average Bonchev–Trinajstić information content (AvgIpc) is 3.26. The number of hydrogen-bond acceptors (Lipinski definition) is 6. The van der Waals surface area contributed by atoms with Gasteiger partial charge in [0.05, 0.1) is 5.39 Å². The number of halogens is 1. The molecule has 4 rings (SSSR count). The molecule has 0 spiro atoms. The lowest BCUT2D eigenvalue weighted by molar-refractivity contribution is -0.131. The van der Waals surface area contributed by atoms with Crippen molar-refractivity contribution in [2.75, 3.05) is 31.1 Å². The van der Waals surface area contributed by atoms with Gasteiger partial charge in [-0.15, -0.1) is 11.3 Å². The van der Waals surface area contributed by atoms with E-state index >= 15 is 0 Å². The van der Waals surface area contributed by atoms with Crippen molar-refractivity contribution in [1.82, 2.24) is 14.9 Å². The molecule has 1 aliphatic rings. The highest BCUT2D eigenvalue weighted by Crippen LogP contribution is 2.31. The van der Waals surface area contributed by atoms with Gasteiger partial charge in [-0.2, -0.15) is 0 Å². The molecule has 0 radical (unpaired) electrons. The summed E-state index contributed by atoms with van der Waals surface area (Å²) in [6.45, 7) is 4.98. The molecular formula is C24H27FN4O2S. The highest BCUT2D eigenvalue weighted by atomic mass is 32.1. The molecule has 3 heterocycles. The maximum absolute atomic E-state index is 13.0. The molecular weight excluding hydrogens is 427 g/mol. The Labute approximate surface area is 191 Å². The normalized spacial score (nSPS) is 14.2. The SMILES string of the molecule is CCc1cc2c(N3CCN(C(=O)CCCCC(=O)c4ccc(F)cc4)CC3)ncnc2s1. The second-order valence-electron chi connectivity index (χ2n) is 7.99. The summed E-state index contributed by atoms with van der Waals surface area (Å²) in [4.78, 5) is 40.1. The predicted molar refractivity (Wildman–Crippen MR) is 125 cm³/mol. The summed E-state index contributed by atoms with van der Waals surface area (Å²) in [5.74, 6) is 0.729. The topological polar surface area (TPSA) is 66.4 Å². The number of carbonyl (C=O) groups is 2. The van der Waals surface area contributed by atoms with Crippen molar-refractivity contribution < 1.29 is 14.0 Å². The molecule has 2 aromatic heterocycles. The van der Waals surface area contributed by atoms with Crippen LogP contribution in [0, 0.1) is 5.82 Å². The van der Waals surface area contributed by atoms with E-state index in [2.05, 4.69) is 27.9 Å². The number of nitrogens with zero attached hydrogens (tertiary/aromatic N) is 4. The molecule has 3 aromatic rings. The first-order valence-electron chi connectivity index (χ1n) is 11.1. The van der Waals surface area contributed by atoms with Crippen molar-refractivity contribution in [1.29, 1.82) is 0 Å². The van der Waals surface area contributed by atoms with Gasteiger partial charge in [-0.1, -0.05) is 6.92 Å². The van der Waals surface area contributed by atoms with Crippen LogP contribution in [0.15, 0.2) is 36.7 Å². The number of ketones is 1. The zero-order chi connectivity index (χ0) is 22.5. The number of hydrogen-bond donors (Lipinski definition) is 0. The van der Waals surface area contributed by atoms with Crippen LogP contribution in [0.1, 0.15) is 47.8 Å². The first-order valence-corrected chi connectivity index (χ1v) is 11.9. The zero-order valence-corrected chi connectivity index (χ0v) is 19.0. The van der Waals surface area contributed by atoms with E-state index in [0.717, 1.165) is 35.5 Å². The van der Waals surface area contributed by atoms with Crippen molar-refractivity contribution in [3.8, 4) is 0 Å². The number of Topliss-reactive ketones (excluding diaryl/α,β-unsaturated/α-hetero) is 1. The Kier molecular flexibility index (Phi) is 7.09. The zero-order valence-electron chi connectivity index (χ0n) is 18.2. The molecule has 0 N–H and O–H groups in total. The summed E-state index contributed by atoms with van der Waals surface area (Å²) in [5, 5.41) is 1.10. The summed E-state index contributed by atoms with van der Waals surface area (Å²) in [6.07, 6.45) is 4.75. The largest absolute Gasteiger partial charge is 0.352 e. The van der Waals surface area contributed by atoms with Gasteiger partial charge >= 0.3 is 0 Å². The summed E-state index contributed by atoms with van der Waals surface area (Å²) in [7, 11) is 0. The molecule has 168 valence electrons. The number of carbonyl (C=O) groups excluding carboxylic acids is 2. The number of amides is 1. The van der Waals surface area contributed by atoms with E-state index in [9.17, 15) is 14.0 Å². The number of fused-ring (bicyclic) bond motifs is 1. The number of aromatic nitrogens is 2. The van der Waals surface area contributed by atoms with E-state index in [0.29, 0.717) is 44.3 Å². The number of piperazine rings is 1. The third kappa shape index (κ3) is 5.12. The minimum absolute atomic E-state index is 0.0121. The molecule has 0 aliphatic carbocycles. The van der Waals surface area contributed by atoms with E-state index in [4.69, 9.17) is 0 Å². The molecule has 6 nitrogen and oxygen atoms in total. The smallest absolute Gasteiger partial charge is 0.222 e. The first kappa shape index (κ1) is 22.3. The summed E-state index contributed by atoms with van der Waals surface area (Å²) in [5.41, 5.74) is 0.518. The minimum atomic E-state index is -0.350. The summed E-state index contributed by atoms with van der Waals surface area (Å²) in [6, 6.07) is 7.79. The van der Waals surface area contributed by atoms with Crippen molar-refractivity contribution in [3.63, 3.8) is 0 Å². The fraction of sp³-hybridized carbons (Fsp3) is 0.417. The second kappa shape index (κ2) is 10.2. The second-order valence-corrected chi connectivity index (χ2v) is 9.10. The number of unbranched alkanes of at least 4 members (excludes halogenated alkanes) is 1. The Balaban J connectivity index is 1.23. The van der Waals surface area contributed by atoms with Crippen molar-refractivity contribution in [2.24, 2.45) is 0 Å². The molecule has 0 saturated carbocycles. The fourth-order valence-corrected chi connectivity index (χ4v) is 4.92. The average molecular weight is 455 g/mol. The molecule has 1 fully saturated rings. The Hall–Kier alpha value is -2.87. The van der Waals surface area contributed by atoms with Gasteiger partial charge in [0.25, 0.3) is 0 Å². The Morgan fingerprint density at radius 1 is 1.03 bits per heavy atom. The molecule has 32 heavy (non-hydrogen) atoms. The van der Waals surface area contributed by atoms with Crippen LogP contribution in [0.3, 0.4) is 0 Å². The van der Waals surface area contributed by atoms with E-state index in [1.165, 1.54) is 29.1 Å². The van der Waals surface area contributed by atoms with Crippen LogP contribution in [-0.2, 0) is 11.2 Å². The Bertz CT molecular complexity index is 1090.